The van der Waals surface area contributed by atoms with Crippen molar-refractivity contribution in [3.8, 4) is 0 Å². The molecule has 4 N–H and O–H groups in total. The highest BCUT2D eigenvalue weighted by Crippen LogP contribution is 2.50. The second-order valence-electron chi connectivity index (χ2n) is 15.7. The average molecular weight is 689 g/mol. The van der Waals surface area contributed by atoms with Crippen molar-refractivity contribution in [2.45, 2.75) is 104 Å². The lowest BCUT2D eigenvalue weighted by molar-refractivity contribution is -0.173. The number of hydrogen-bond donors (Lipinski definition) is 3. The molecule has 0 unspecified atom stereocenters. The fourth-order valence-electron chi connectivity index (χ4n) is 8.47. The maximum absolute atomic E-state index is 15.8. The van der Waals surface area contributed by atoms with E-state index in [0.717, 1.165) is 22.3 Å². The molecule has 6 nitrogen and oxygen atoms in total. The molecule has 0 spiro atoms. The zero-order chi connectivity index (χ0) is 37.3. The Morgan fingerprint density at radius 2 is 0.824 bits per heavy atom. The van der Waals surface area contributed by atoms with E-state index in [1.807, 2.05) is 152 Å². The average Bonchev–Trinajstić information content (AvgIpc) is 3.60. The topological polar surface area (TPSA) is 104 Å². The molecule has 2 atom stereocenters. The number of carbonyl (C=O) groups is 2. The predicted octanol–water partition coefficient (Wildman–Crippen LogP) is 8.02. The van der Waals surface area contributed by atoms with Crippen LogP contribution in [-0.4, -0.2) is 39.0 Å². The molecule has 0 bridgehead atoms. The molecule has 6 heteroatoms. The summed E-state index contributed by atoms with van der Waals surface area (Å²) >= 11 is 0. The number of carbonyl (C=O) groups excluding carboxylic acids is 2. The third-order valence-electron chi connectivity index (χ3n) is 11.3. The normalized spacial score (nSPS) is 15.9. The van der Waals surface area contributed by atoms with Crippen LogP contribution < -0.4 is 5.73 Å². The minimum absolute atomic E-state index is 0.314. The first-order chi connectivity index (χ1) is 24.1. The molecular formula is C45H56N2O4. The maximum atomic E-state index is 15.8. The number of nitrogens with zero attached hydrogens (tertiary/aromatic N) is 1. The number of rotatable bonds is 12. The number of benzene rings is 4. The molecule has 0 saturated heterocycles. The summed E-state index contributed by atoms with van der Waals surface area (Å²) in [5.74, 6) is -1.81. The van der Waals surface area contributed by atoms with E-state index in [2.05, 4.69) is 0 Å². The molecular weight excluding hydrogens is 633 g/mol. The molecule has 270 valence electrons. The van der Waals surface area contributed by atoms with Crippen molar-refractivity contribution in [3.05, 3.63) is 142 Å². The molecule has 0 aliphatic heterocycles. The Labute approximate surface area is 304 Å². The van der Waals surface area contributed by atoms with Crippen LogP contribution in [0.15, 0.2) is 97.1 Å². The van der Waals surface area contributed by atoms with Gasteiger partial charge in [0.25, 0.3) is 0 Å². The molecule has 4 aromatic carbocycles. The van der Waals surface area contributed by atoms with Gasteiger partial charge in [-0.25, -0.2) is 0 Å². The Hall–Kier alpha value is -4.26. The van der Waals surface area contributed by atoms with Gasteiger partial charge in [0.05, 0.1) is 12.1 Å². The van der Waals surface area contributed by atoms with E-state index in [1.54, 1.807) is 4.90 Å². The summed E-state index contributed by atoms with van der Waals surface area (Å²) in [4.78, 5) is 31.2. The zero-order valence-electron chi connectivity index (χ0n) is 31.6. The van der Waals surface area contributed by atoms with Crippen molar-refractivity contribution in [2.24, 2.45) is 23.0 Å². The highest BCUT2D eigenvalue weighted by molar-refractivity contribution is 6.05. The number of nitrogens with two attached hydrogens (primary N) is 1. The van der Waals surface area contributed by atoms with Crippen LogP contribution in [0.3, 0.4) is 0 Å². The van der Waals surface area contributed by atoms with Crippen molar-refractivity contribution in [3.63, 3.8) is 0 Å². The van der Waals surface area contributed by atoms with Gasteiger partial charge in [0.2, 0.25) is 11.8 Å². The molecule has 5 rings (SSSR count). The van der Waals surface area contributed by atoms with Gasteiger partial charge < -0.3 is 20.8 Å². The van der Waals surface area contributed by atoms with E-state index < -0.39 is 40.5 Å². The van der Waals surface area contributed by atoms with Crippen LogP contribution in [0.25, 0.3) is 0 Å². The summed E-state index contributed by atoms with van der Waals surface area (Å²) in [7, 11) is 0. The van der Waals surface area contributed by atoms with Crippen LogP contribution >= 0.6 is 0 Å². The summed E-state index contributed by atoms with van der Waals surface area (Å²) in [5, 5.41) is 27.3. The number of aliphatic hydroxyl groups is 2. The molecule has 2 amide bonds. The van der Waals surface area contributed by atoms with Gasteiger partial charge in [0.1, 0.15) is 16.6 Å². The second kappa shape index (κ2) is 14.8. The Kier molecular flexibility index (Phi) is 11.0. The Morgan fingerprint density at radius 3 is 1.04 bits per heavy atom. The fraction of sp³-hybridized carbons (Fsp3) is 0.422. The van der Waals surface area contributed by atoms with Gasteiger partial charge in [0.15, 0.2) is 0 Å². The summed E-state index contributed by atoms with van der Waals surface area (Å²) in [6.45, 7) is 16.0. The third-order valence-corrected chi connectivity index (χ3v) is 11.3. The van der Waals surface area contributed by atoms with Gasteiger partial charge in [-0.3, -0.25) is 9.59 Å². The maximum Gasteiger partial charge on any atom is 0.239 e. The number of primary amides is 1. The van der Waals surface area contributed by atoms with Crippen molar-refractivity contribution in [1.29, 1.82) is 0 Å². The van der Waals surface area contributed by atoms with Gasteiger partial charge >= 0.3 is 0 Å². The SMILES string of the molecule is Cc1ccc(C(O)(c2ccc(C)cc2)[C@@H](C(C)C)N(C(=O)C2(C(N)=O)CCCC2)[C@H](C(C)C)C(O)(c2ccc(C)cc2)c2ccc(C)cc2)cc1. The third kappa shape index (κ3) is 6.88. The van der Waals surface area contributed by atoms with Gasteiger partial charge in [0, 0.05) is 0 Å². The lowest BCUT2D eigenvalue weighted by Crippen LogP contribution is -2.68. The minimum Gasteiger partial charge on any atom is -0.378 e. The first-order valence-electron chi connectivity index (χ1n) is 18.4. The highest BCUT2D eigenvalue weighted by atomic mass is 16.3. The number of amides is 2. The molecule has 0 radical (unpaired) electrons. The molecule has 1 saturated carbocycles. The van der Waals surface area contributed by atoms with E-state index in [9.17, 15) is 15.0 Å². The van der Waals surface area contributed by atoms with Gasteiger partial charge in [-0.05, 0) is 74.6 Å². The summed E-state index contributed by atoms with van der Waals surface area (Å²) in [5.41, 5.74) is 7.85. The predicted molar refractivity (Wildman–Crippen MR) is 205 cm³/mol. The first kappa shape index (κ1) is 38.0. The molecule has 1 aliphatic carbocycles. The van der Waals surface area contributed by atoms with Crippen molar-refractivity contribution in [2.75, 3.05) is 0 Å². The molecule has 4 aromatic rings. The van der Waals surface area contributed by atoms with E-state index in [1.165, 1.54) is 0 Å². The molecule has 51 heavy (non-hydrogen) atoms. The number of hydrogen-bond acceptors (Lipinski definition) is 4. The standard InChI is InChI=1S/C45H56N2O4/c1-29(2)39(44(50,35-19-11-31(5)12-20-35)36-21-13-32(6)14-22-36)47(42(49)43(41(46)48)27-9-10-28-43)40(30(3)4)45(51,37-23-15-33(7)16-24-37)38-25-17-34(8)18-26-38/h11-26,29-30,39-40,50-51H,9-10,27-28H2,1-8H3,(H2,46,48)/t39-,40-/m1/s1. The van der Waals surface area contributed by atoms with Crippen LogP contribution in [0.4, 0.5) is 0 Å². The highest BCUT2D eigenvalue weighted by Gasteiger charge is 2.59. The number of aryl methyl sites for hydroxylation is 4. The van der Waals surface area contributed by atoms with Crippen LogP contribution in [0.5, 0.6) is 0 Å². The Bertz CT molecular complexity index is 1600. The van der Waals surface area contributed by atoms with Crippen molar-refractivity contribution in [1.82, 2.24) is 4.90 Å². The van der Waals surface area contributed by atoms with Crippen molar-refractivity contribution < 1.29 is 19.8 Å². The Morgan fingerprint density at radius 1 is 0.569 bits per heavy atom. The van der Waals surface area contributed by atoms with Crippen molar-refractivity contribution >= 4 is 11.8 Å². The fourth-order valence-corrected chi connectivity index (χ4v) is 8.47. The second-order valence-corrected chi connectivity index (χ2v) is 15.7. The lowest BCUT2D eigenvalue weighted by Gasteiger charge is -2.55. The monoisotopic (exact) mass is 688 g/mol. The zero-order valence-corrected chi connectivity index (χ0v) is 31.6. The van der Waals surface area contributed by atoms with E-state index in [4.69, 9.17) is 5.73 Å². The van der Waals surface area contributed by atoms with Crippen LogP contribution in [0, 0.1) is 44.9 Å². The van der Waals surface area contributed by atoms with Crippen LogP contribution in [0.1, 0.15) is 97.9 Å². The summed E-state index contributed by atoms with van der Waals surface area (Å²) < 4.78 is 0. The van der Waals surface area contributed by atoms with E-state index in [-0.39, 0.29) is 11.8 Å². The van der Waals surface area contributed by atoms with E-state index in [0.29, 0.717) is 47.9 Å². The lowest BCUT2D eigenvalue weighted by atomic mass is 9.68. The largest absolute Gasteiger partial charge is 0.378 e. The Balaban J connectivity index is 1.92. The summed E-state index contributed by atoms with van der Waals surface area (Å²) in [6.07, 6.45) is 1.99. The van der Waals surface area contributed by atoms with Crippen LogP contribution in [-0.2, 0) is 20.8 Å². The minimum atomic E-state index is -1.75. The van der Waals surface area contributed by atoms with Gasteiger partial charge in [-0.2, -0.15) is 0 Å². The smallest absolute Gasteiger partial charge is 0.239 e. The molecule has 0 aromatic heterocycles. The quantitative estimate of drug-likeness (QED) is 0.131. The molecule has 1 aliphatic rings. The summed E-state index contributed by atoms with van der Waals surface area (Å²) in [6, 6.07) is 29.2. The van der Waals surface area contributed by atoms with Crippen LogP contribution in [0.2, 0.25) is 0 Å². The molecule has 0 heterocycles. The van der Waals surface area contributed by atoms with Gasteiger partial charge in [-0.15, -0.1) is 0 Å². The van der Waals surface area contributed by atoms with Gasteiger partial charge in [-0.1, -0.05) is 160 Å². The molecule has 1 fully saturated rings. The van der Waals surface area contributed by atoms with E-state index >= 15 is 4.79 Å². The first-order valence-corrected chi connectivity index (χ1v) is 18.4.